The van der Waals surface area contributed by atoms with Gasteiger partial charge in [-0.05, 0) is 62.0 Å². The summed E-state index contributed by atoms with van der Waals surface area (Å²) in [6.07, 6.45) is 9.55. The van der Waals surface area contributed by atoms with E-state index in [2.05, 4.69) is 24.0 Å². The largest absolute Gasteiger partial charge is 0.375 e. The van der Waals surface area contributed by atoms with Gasteiger partial charge in [0.25, 0.3) is 0 Å². The highest BCUT2D eigenvalue weighted by Crippen LogP contribution is 2.43. The van der Waals surface area contributed by atoms with Crippen LogP contribution in [0.2, 0.25) is 0 Å². The van der Waals surface area contributed by atoms with Gasteiger partial charge in [0.15, 0.2) is 0 Å². The number of rotatable bonds is 5. The molecule has 2 aliphatic heterocycles. The maximum Gasteiger partial charge on any atom is 0.0701 e. The number of hydrogen-bond acceptors (Lipinski definition) is 3. The Labute approximate surface area is 122 Å². The molecule has 1 aliphatic carbocycles. The molecule has 19 heavy (non-hydrogen) atoms. The SMILES string of the molecule is CCNC(CC1CC1)C1CCOC2(CCSCC2)C1. The Bertz CT molecular complexity index is 281. The summed E-state index contributed by atoms with van der Waals surface area (Å²) in [6, 6.07) is 0.757. The van der Waals surface area contributed by atoms with E-state index in [9.17, 15) is 0 Å². The van der Waals surface area contributed by atoms with Gasteiger partial charge in [-0.25, -0.2) is 0 Å². The van der Waals surface area contributed by atoms with E-state index in [-0.39, 0.29) is 5.60 Å². The number of ether oxygens (including phenoxy) is 1. The molecule has 2 saturated heterocycles. The molecular formula is C16H29NOS. The molecule has 3 fully saturated rings. The molecule has 2 atom stereocenters. The molecule has 1 N–H and O–H groups in total. The monoisotopic (exact) mass is 283 g/mol. The van der Waals surface area contributed by atoms with Crippen molar-refractivity contribution in [3.8, 4) is 0 Å². The van der Waals surface area contributed by atoms with E-state index >= 15 is 0 Å². The molecule has 3 rings (SSSR count). The predicted octanol–water partition coefficient (Wildman–Crippen LogP) is 3.46. The van der Waals surface area contributed by atoms with E-state index in [1.807, 2.05) is 0 Å². The van der Waals surface area contributed by atoms with Crippen molar-refractivity contribution in [2.75, 3.05) is 24.7 Å². The van der Waals surface area contributed by atoms with Crippen LogP contribution in [0.5, 0.6) is 0 Å². The molecule has 2 nitrogen and oxygen atoms in total. The molecule has 0 aromatic carbocycles. The average molecular weight is 283 g/mol. The van der Waals surface area contributed by atoms with Crippen molar-refractivity contribution in [3.05, 3.63) is 0 Å². The maximum absolute atomic E-state index is 6.24. The van der Waals surface area contributed by atoms with E-state index in [0.29, 0.717) is 0 Å². The van der Waals surface area contributed by atoms with Gasteiger partial charge in [-0.2, -0.15) is 11.8 Å². The van der Waals surface area contributed by atoms with Crippen molar-refractivity contribution in [1.29, 1.82) is 0 Å². The topological polar surface area (TPSA) is 21.3 Å². The van der Waals surface area contributed by atoms with Crippen LogP contribution in [0.1, 0.15) is 51.9 Å². The predicted molar refractivity (Wildman–Crippen MR) is 82.8 cm³/mol. The van der Waals surface area contributed by atoms with Crippen LogP contribution in [0.3, 0.4) is 0 Å². The van der Waals surface area contributed by atoms with Crippen LogP contribution in [0, 0.1) is 11.8 Å². The van der Waals surface area contributed by atoms with Crippen LogP contribution in [0.25, 0.3) is 0 Å². The van der Waals surface area contributed by atoms with Crippen molar-refractivity contribution >= 4 is 11.8 Å². The minimum atomic E-state index is 0.255. The van der Waals surface area contributed by atoms with Crippen LogP contribution in [-0.4, -0.2) is 36.3 Å². The van der Waals surface area contributed by atoms with Crippen LogP contribution in [-0.2, 0) is 4.74 Å². The van der Waals surface area contributed by atoms with E-state index in [1.165, 1.54) is 56.5 Å². The van der Waals surface area contributed by atoms with Gasteiger partial charge in [0.1, 0.15) is 0 Å². The zero-order valence-electron chi connectivity index (χ0n) is 12.3. The van der Waals surface area contributed by atoms with E-state index in [0.717, 1.165) is 31.0 Å². The molecule has 0 radical (unpaired) electrons. The van der Waals surface area contributed by atoms with Crippen molar-refractivity contribution in [2.45, 2.75) is 63.5 Å². The number of thioether (sulfide) groups is 1. The quantitative estimate of drug-likeness (QED) is 0.835. The first kappa shape index (κ1) is 14.2. The second-order valence-electron chi connectivity index (χ2n) is 6.74. The smallest absolute Gasteiger partial charge is 0.0701 e. The molecule has 3 aliphatic rings. The van der Waals surface area contributed by atoms with Crippen molar-refractivity contribution < 1.29 is 4.74 Å². The lowest BCUT2D eigenvalue weighted by Crippen LogP contribution is -2.48. The Balaban J connectivity index is 1.61. The minimum absolute atomic E-state index is 0.255. The van der Waals surface area contributed by atoms with E-state index in [4.69, 9.17) is 4.74 Å². The highest BCUT2D eigenvalue weighted by atomic mass is 32.2. The van der Waals surface area contributed by atoms with Crippen LogP contribution in [0.15, 0.2) is 0 Å². The van der Waals surface area contributed by atoms with Crippen molar-refractivity contribution in [3.63, 3.8) is 0 Å². The van der Waals surface area contributed by atoms with Gasteiger partial charge in [-0.1, -0.05) is 19.8 Å². The maximum atomic E-state index is 6.24. The van der Waals surface area contributed by atoms with Crippen molar-refractivity contribution in [1.82, 2.24) is 5.32 Å². The molecule has 3 heteroatoms. The Morgan fingerprint density at radius 1 is 1.26 bits per heavy atom. The third kappa shape index (κ3) is 3.68. The van der Waals surface area contributed by atoms with Gasteiger partial charge in [-0.15, -0.1) is 0 Å². The minimum Gasteiger partial charge on any atom is -0.375 e. The summed E-state index contributed by atoms with van der Waals surface area (Å²) < 4.78 is 6.24. The first-order valence-corrected chi connectivity index (χ1v) is 9.42. The zero-order chi connectivity index (χ0) is 13.1. The van der Waals surface area contributed by atoms with E-state index in [1.54, 1.807) is 0 Å². The second-order valence-corrected chi connectivity index (χ2v) is 7.96. The van der Waals surface area contributed by atoms with Gasteiger partial charge < -0.3 is 10.1 Å². The number of hydrogen-bond donors (Lipinski definition) is 1. The summed E-state index contributed by atoms with van der Waals surface area (Å²) in [5.41, 5.74) is 0.255. The molecule has 1 saturated carbocycles. The van der Waals surface area contributed by atoms with Gasteiger partial charge in [0.05, 0.1) is 5.60 Å². The summed E-state index contributed by atoms with van der Waals surface area (Å²) in [6.45, 7) is 4.38. The summed E-state index contributed by atoms with van der Waals surface area (Å²) in [7, 11) is 0. The van der Waals surface area contributed by atoms with E-state index < -0.39 is 0 Å². The lowest BCUT2D eigenvalue weighted by molar-refractivity contribution is -0.107. The van der Waals surface area contributed by atoms with Crippen molar-refractivity contribution in [2.24, 2.45) is 11.8 Å². The molecule has 2 heterocycles. The molecule has 0 aromatic rings. The summed E-state index contributed by atoms with van der Waals surface area (Å²) in [5, 5.41) is 3.78. The Hall–Kier alpha value is 0.270. The summed E-state index contributed by atoms with van der Waals surface area (Å²) in [4.78, 5) is 0. The van der Waals surface area contributed by atoms with Gasteiger partial charge in [0, 0.05) is 12.6 Å². The summed E-state index contributed by atoms with van der Waals surface area (Å²) in [5.74, 6) is 4.50. The average Bonchev–Trinajstić information content (AvgIpc) is 3.23. The molecule has 0 aromatic heterocycles. The van der Waals surface area contributed by atoms with Gasteiger partial charge in [0.2, 0.25) is 0 Å². The Morgan fingerprint density at radius 2 is 2.05 bits per heavy atom. The second kappa shape index (κ2) is 6.36. The normalized spacial score (nSPS) is 32.4. The summed E-state index contributed by atoms with van der Waals surface area (Å²) >= 11 is 2.11. The highest BCUT2D eigenvalue weighted by Gasteiger charge is 2.41. The van der Waals surface area contributed by atoms with Crippen LogP contribution < -0.4 is 5.32 Å². The fraction of sp³-hybridized carbons (Fsp3) is 1.00. The molecule has 0 amide bonds. The molecule has 110 valence electrons. The molecular weight excluding hydrogens is 254 g/mol. The van der Waals surface area contributed by atoms with Crippen LogP contribution >= 0.6 is 11.8 Å². The fourth-order valence-corrected chi connectivity index (χ4v) is 5.16. The Morgan fingerprint density at radius 3 is 2.74 bits per heavy atom. The molecule has 1 spiro atoms. The van der Waals surface area contributed by atoms with Crippen LogP contribution in [0.4, 0.5) is 0 Å². The molecule has 2 unspecified atom stereocenters. The first-order chi connectivity index (χ1) is 9.31. The number of nitrogens with one attached hydrogen (secondary N) is 1. The third-order valence-corrected chi connectivity index (χ3v) is 6.24. The van der Waals surface area contributed by atoms with Gasteiger partial charge >= 0.3 is 0 Å². The highest BCUT2D eigenvalue weighted by molar-refractivity contribution is 7.99. The Kier molecular flexibility index (Phi) is 4.76. The molecule has 0 bridgehead atoms. The lowest BCUT2D eigenvalue weighted by Gasteiger charge is -2.45. The zero-order valence-corrected chi connectivity index (χ0v) is 13.1. The lowest BCUT2D eigenvalue weighted by atomic mass is 9.77. The fourth-order valence-electron chi connectivity index (χ4n) is 3.92. The third-order valence-electron chi connectivity index (χ3n) is 5.25. The van der Waals surface area contributed by atoms with Gasteiger partial charge in [-0.3, -0.25) is 0 Å². The first-order valence-electron chi connectivity index (χ1n) is 8.26. The standard InChI is InChI=1S/C16H29NOS/c1-2-17-15(11-13-3-4-13)14-5-8-18-16(12-14)6-9-19-10-7-16/h13-15,17H,2-12H2,1H3.